The maximum atomic E-state index is 12.5. The van der Waals surface area contributed by atoms with E-state index in [1.807, 2.05) is 43.9 Å². The minimum Gasteiger partial charge on any atom is -0.494 e. The second kappa shape index (κ2) is 14.5. The van der Waals surface area contributed by atoms with Crippen molar-refractivity contribution in [3.63, 3.8) is 0 Å². The lowest BCUT2D eigenvalue weighted by atomic mass is 10.0. The number of nitrogens with zero attached hydrogens (tertiary/aromatic N) is 5. The molecule has 254 valence electrons. The molecule has 5 rings (SSSR count). The van der Waals surface area contributed by atoms with Crippen LogP contribution in [-0.4, -0.2) is 98.6 Å². The van der Waals surface area contributed by atoms with E-state index < -0.39 is 15.4 Å². The standard InChI is InChI=1S/C33H44ClN7O5S/c1-33(2,3)46-32(42)41-18-16-40(17-19-41)24-12-14-39(15-13-24)25-10-11-28(29(20-25)45-4)37-31-35-21-26(34)30(38-31)36-27-9-7-6-8-23(27)22-47(5,43)44/h6-11,20-21,24H,12-19,22H2,1-5H3,(H2,35,36,37,38). The molecular formula is C33H44ClN7O5S. The Hall–Kier alpha value is -3.81. The molecule has 1 aromatic heterocycles. The van der Waals surface area contributed by atoms with Crippen molar-refractivity contribution in [3.05, 3.63) is 59.2 Å². The third kappa shape index (κ3) is 9.39. The van der Waals surface area contributed by atoms with Gasteiger partial charge >= 0.3 is 6.09 Å². The van der Waals surface area contributed by atoms with E-state index in [1.165, 1.54) is 12.5 Å². The highest BCUT2D eigenvalue weighted by Gasteiger charge is 2.31. The first-order chi connectivity index (χ1) is 22.3. The van der Waals surface area contributed by atoms with Gasteiger partial charge in [-0.15, -0.1) is 0 Å². The van der Waals surface area contributed by atoms with Crippen LogP contribution >= 0.6 is 11.6 Å². The van der Waals surface area contributed by atoms with Gasteiger partial charge in [-0.3, -0.25) is 4.90 Å². The summed E-state index contributed by atoms with van der Waals surface area (Å²) in [6.07, 6.45) is 4.53. The third-order valence-corrected chi connectivity index (χ3v) is 9.29. The Balaban J connectivity index is 1.19. The Kier molecular flexibility index (Phi) is 10.7. The average molecular weight is 686 g/mol. The maximum absolute atomic E-state index is 12.5. The van der Waals surface area contributed by atoms with Crippen LogP contribution in [0.5, 0.6) is 5.75 Å². The summed E-state index contributed by atoms with van der Waals surface area (Å²) >= 11 is 6.41. The lowest BCUT2D eigenvalue weighted by Crippen LogP contribution is -2.55. The molecule has 0 atom stereocenters. The molecule has 0 aliphatic carbocycles. The molecule has 3 heterocycles. The number of methoxy groups -OCH3 is 1. The number of aromatic nitrogens is 2. The van der Waals surface area contributed by atoms with Gasteiger partial charge in [0, 0.05) is 69.0 Å². The van der Waals surface area contributed by atoms with E-state index in [0.29, 0.717) is 58.6 Å². The number of carbonyl (C=O) groups is 1. The fourth-order valence-electron chi connectivity index (χ4n) is 5.88. The quantitative estimate of drug-likeness (QED) is 0.288. The summed E-state index contributed by atoms with van der Waals surface area (Å²) in [6, 6.07) is 13.6. The van der Waals surface area contributed by atoms with Crippen LogP contribution in [-0.2, 0) is 20.3 Å². The number of para-hydroxylation sites is 1. The van der Waals surface area contributed by atoms with E-state index in [9.17, 15) is 13.2 Å². The number of anilines is 5. The monoisotopic (exact) mass is 685 g/mol. The van der Waals surface area contributed by atoms with Crippen LogP contribution in [0.2, 0.25) is 5.02 Å². The fourth-order valence-corrected chi connectivity index (χ4v) is 6.83. The molecule has 14 heteroatoms. The minimum absolute atomic E-state index is 0.113. The number of carbonyl (C=O) groups excluding carboxylic acids is 1. The molecule has 3 aromatic rings. The van der Waals surface area contributed by atoms with Crippen LogP contribution in [0.1, 0.15) is 39.2 Å². The zero-order valence-corrected chi connectivity index (χ0v) is 29.2. The summed E-state index contributed by atoms with van der Waals surface area (Å²) in [4.78, 5) is 28.0. The van der Waals surface area contributed by atoms with E-state index in [0.717, 1.165) is 44.7 Å². The van der Waals surface area contributed by atoms with Crippen molar-refractivity contribution in [2.75, 3.05) is 68.2 Å². The number of nitrogens with one attached hydrogen (secondary N) is 2. The van der Waals surface area contributed by atoms with Gasteiger partial charge in [0.2, 0.25) is 5.95 Å². The average Bonchev–Trinajstić information content (AvgIpc) is 3.02. The fraction of sp³-hybridized carbons (Fsp3) is 0.485. The number of rotatable bonds is 9. The van der Waals surface area contributed by atoms with Crippen molar-refractivity contribution < 1.29 is 22.7 Å². The zero-order valence-electron chi connectivity index (χ0n) is 27.6. The SMILES string of the molecule is COc1cc(N2CCC(N3CCN(C(=O)OC(C)(C)C)CC3)CC2)ccc1Nc1ncc(Cl)c(Nc2ccccc2CS(C)(=O)=O)n1. The number of sulfone groups is 1. The Labute approximate surface area is 282 Å². The second-order valence-corrected chi connectivity index (χ2v) is 15.5. The van der Waals surface area contributed by atoms with Crippen LogP contribution in [0, 0.1) is 0 Å². The lowest BCUT2D eigenvalue weighted by Gasteiger charge is -2.43. The highest BCUT2D eigenvalue weighted by molar-refractivity contribution is 7.89. The number of amides is 1. The smallest absolute Gasteiger partial charge is 0.410 e. The van der Waals surface area contributed by atoms with Crippen molar-refractivity contribution in [3.8, 4) is 5.75 Å². The molecule has 0 unspecified atom stereocenters. The molecular weight excluding hydrogens is 642 g/mol. The summed E-state index contributed by atoms with van der Waals surface area (Å²) in [6.45, 7) is 10.6. The zero-order chi connectivity index (χ0) is 33.8. The molecule has 1 amide bonds. The number of hydrogen-bond donors (Lipinski definition) is 2. The first-order valence-electron chi connectivity index (χ1n) is 15.7. The topological polar surface area (TPSA) is 129 Å². The minimum atomic E-state index is -3.24. The van der Waals surface area contributed by atoms with Crippen molar-refractivity contribution in [1.82, 2.24) is 19.8 Å². The Morgan fingerprint density at radius 3 is 2.36 bits per heavy atom. The number of hydrogen-bond acceptors (Lipinski definition) is 11. The van der Waals surface area contributed by atoms with Gasteiger partial charge < -0.3 is 29.9 Å². The van der Waals surface area contributed by atoms with Gasteiger partial charge in [-0.2, -0.15) is 4.98 Å². The van der Waals surface area contributed by atoms with Gasteiger partial charge in [-0.05, 0) is 57.4 Å². The van der Waals surface area contributed by atoms with Gasteiger partial charge in [-0.1, -0.05) is 29.8 Å². The molecule has 0 spiro atoms. The molecule has 0 radical (unpaired) electrons. The summed E-state index contributed by atoms with van der Waals surface area (Å²) in [7, 11) is -1.61. The first kappa shape index (κ1) is 34.5. The molecule has 2 N–H and O–H groups in total. The number of ether oxygens (including phenoxy) is 2. The van der Waals surface area contributed by atoms with Gasteiger partial charge in [-0.25, -0.2) is 18.2 Å². The molecule has 0 saturated carbocycles. The van der Waals surface area contributed by atoms with Crippen LogP contribution in [0.3, 0.4) is 0 Å². The summed E-state index contributed by atoms with van der Waals surface area (Å²) < 4.78 is 35.2. The molecule has 2 aliphatic heterocycles. The molecule has 2 fully saturated rings. The maximum Gasteiger partial charge on any atom is 0.410 e. The van der Waals surface area contributed by atoms with E-state index in [2.05, 4.69) is 36.5 Å². The van der Waals surface area contributed by atoms with E-state index in [1.54, 1.807) is 25.3 Å². The largest absolute Gasteiger partial charge is 0.494 e. The van der Waals surface area contributed by atoms with Crippen LogP contribution in [0.15, 0.2) is 48.7 Å². The predicted octanol–water partition coefficient (Wildman–Crippen LogP) is 5.69. The second-order valence-electron chi connectivity index (χ2n) is 13.0. The summed E-state index contributed by atoms with van der Waals surface area (Å²) in [5.41, 5.74) is 2.49. The van der Waals surface area contributed by atoms with E-state index in [-0.39, 0.29) is 11.8 Å². The molecule has 0 bridgehead atoms. The third-order valence-electron chi connectivity index (χ3n) is 8.18. The molecule has 47 heavy (non-hydrogen) atoms. The van der Waals surface area contributed by atoms with E-state index in [4.69, 9.17) is 21.1 Å². The van der Waals surface area contributed by atoms with Gasteiger partial charge in [0.15, 0.2) is 15.7 Å². The Bertz CT molecular complexity index is 1670. The van der Waals surface area contributed by atoms with Gasteiger partial charge in [0.25, 0.3) is 0 Å². The Morgan fingerprint density at radius 2 is 1.70 bits per heavy atom. The summed E-state index contributed by atoms with van der Waals surface area (Å²) in [5.74, 6) is 1.18. The van der Waals surface area contributed by atoms with Gasteiger partial charge in [0.05, 0.1) is 24.7 Å². The Morgan fingerprint density at radius 1 is 1.00 bits per heavy atom. The molecule has 2 aromatic carbocycles. The highest BCUT2D eigenvalue weighted by atomic mass is 35.5. The predicted molar refractivity (Wildman–Crippen MR) is 186 cm³/mol. The number of piperazine rings is 1. The van der Waals surface area contributed by atoms with E-state index >= 15 is 0 Å². The molecule has 12 nitrogen and oxygen atoms in total. The number of halogens is 1. The molecule has 2 aliphatic rings. The number of piperidine rings is 1. The highest BCUT2D eigenvalue weighted by Crippen LogP contribution is 2.34. The van der Waals surface area contributed by atoms with Crippen LogP contribution in [0.25, 0.3) is 0 Å². The lowest BCUT2D eigenvalue weighted by molar-refractivity contribution is 0.00901. The summed E-state index contributed by atoms with van der Waals surface area (Å²) in [5, 5.41) is 6.68. The first-order valence-corrected chi connectivity index (χ1v) is 18.2. The molecule has 2 saturated heterocycles. The van der Waals surface area contributed by atoms with Crippen LogP contribution < -0.4 is 20.3 Å². The number of benzene rings is 2. The van der Waals surface area contributed by atoms with Crippen molar-refractivity contribution >= 4 is 56.4 Å². The van der Waals surface area contributed by atoms with Crippen molar-refractivity contribution in [1.29, 1.82) is 0 Å². The normalized spacial score (nSPS) is 16.6. The van der Waals surface area contributed by atoms with Gasteiger partial charge in [0.1, 0.15) is 16.4 Å². The van der Waals surface area contributed by atoms with Crippen LogP contribution in [0.4, 0.5) is 33.6 Å². The van der Waals surface area contributed by atoms with Crippen molar-refractivity contribution in [2.24, 2.45) is 0 Å². The van der Waals surface area contributed by atoms with Crippen molar-refractivity contribution in [2.45, 2.75) is 51.0 Å².